The highest BCUT2D eigenvalue weighted by Crippen LogP contribution is 2.31. The summed E-state index contributed by atoms with van der Waals surface area (Å²) in [6.45, 7) is 9.30. The van der Waals surface area contributed by atoms with Crippen molar-refractivity contribution >= 4 is 11.8 Å². The van der Waals surface area contributed by atoms with Crippen molar-refractivity contribution in [3.05, 3.63) is 53.8 Å². The lowest BCUT2D eigenvalue weighted by molar-refractivity contribution is -0.142. The minimum atomic E-state index is -0.995. The number of carbonyl (C=O) groups excluding carboxylic acids is 2. The van der Waals surface area contributed by atoms with E-state index >= 15 is 0 Å². The monoisotopic (exact) mass is 597 g/mol. The number of rotatable bonds is 12. The summed E-state index contributed by atoms with van der Waals surface area (Å²) in [5, 5.41) is 15.6. The summed E-state index contributed by atoms with van der Waals surface area (Å²) >= 11 is 0. The van der Waals surface area contributed by atoms with Crippen molar-refractivity contribution in [2.75, 3.05) is 53.6 Å². The molecule has 3 aromatic rings. The minimum absolute atomic E-state index is 0.252. The Morgan fingerprint density at radius 3 is 2.42 bits per heavy atom. The van der Waals surface area contributed by atoms with Crippen LogP contribution >= 0.6 is 0 Å². The van der Waals surface area contributed by atoms with Crippen molar-refractivity contribution in [1.82, 2.24) is 35.3 Å². The quantitative estimate of drug-likeness (QED) is 0.336. The first kappa shape index (κ1) is 31.8. The first-order valence-corrected chi connectivity index (χ1v) is 14.2. The number of tetrazole rings is 1. The second kappa shape index (κ2) is 14.4. The number of methoxy groups -OCH3 is 2. The molecule has 1 aliphatic heterocycles. The van der Waals surface area contributed by atoms with E-state index in [0.717, 1.165) is 19.6 Å². The SMILES string of the molecule is COc1ccc(-c2nnn(CC(=O)N(CCCN3CCOCC3)C(C(=O)NC(C)(C)C)c3ccc(F)cc3)n2)cc1OC. The van der Waals surface area contributed by atoms with Crippen LogP contribution in [0.1, 0.15) is 38.8 Å². The molecule has 1 N–H and O–H groups in total. The van der Waals surface area contributed by atoms with E-state index in [9.17, 15) is 14.0 Å². The molecular weight excluding hydrogens is 557 g/mol. The van der Waals surface area contributed by atoms with Crippen LogP contribution in [0.15, 0.2) is 42.5 Å². The Kier molecular flexibility index (Phi) is 10.6. The largest absolute Gasteiger partial charge is 0.493 e. The zero-order chi connectivity index (χ0) is 31.0. The van der Waals surface area contributed by atoms with E-state index in [1.165, 1.54) is 41.1 Å². The summed E-state index contributed by atoms with van der Waals surface area (Å²) in [5.41, 5.74) is 0.576. The maximum atomic E-state index is 13.9. The van der Waals surface area contributed by atoms with Crippen LogP contribution in [-0.4, -0.2) is 101 Å². The van der Waals surface area contributed by atoms with Gasteiger partial charge in [0.2, 0.25) is 17.6 Å². The molecule has 13 heteroatoms. The third-order valence-corrected chi connectivity index (χ3v) is 6.91. The number of halogens is 1. The minimum Gasteiger partial charge on any atom is -0.493 e. The van der Waals surface area contributed by atoms with Gasteiger partial charge in [0.25, 0.3) is 0 Å². The Morgan fingerprint density at radius 2 is 1.77 bits per heavy atom. The molecule has 43 heavy (non-hydrogen) atoms. The van der Waals surface area contributed by atoms with Gasteiger partial charge in [0.15, 0.2) is 11.5 Å². The maximum absolute atomic E-state index is 13.9. The number of benzene rings is 2. The Bertz CT molecular complexity index is 1370. The van der Waals surface area contributed by atoms with E-state index in [4.69, 9.17) is 14.2 Å². The van der Waals surface area contributed by atoms with Crippen molar-refractivity contribution < 1.29 is 28.2 Å². The number of hydrogen-bond acceptors (Lipinski definition) is 9. The number of nitrogens with one attached hydrogen (secondary N) is 1. The molecule has 0 aliphatic carbocycles. The van der Waals surface area contributed by atoms with Gasteiger partial charge in [0.1, 0.15) is 18.4 Å². The average Bonchev–Trinajstić information content (AvgIpc) is 3.45. The molecule has 1 saturated heterocycles. The predicted molar refractivity (Wildman–Crippen MR) is 157 cm³/mol. The van der Waals surface area contributed by atoms with E-state index in [1.807, 2.05) is 20.8 Å². The molecule has 0 saturated carbocycles. The number of amides is 2. The number of ether oxygens (including phenoxy) is 3. The van der Waals surface area contributed by atoms with Crippen LogP contribution in [0.3, 0.4) is 0 Å². The highest BCUT2D eigenvalue weighted by Gasteiger charge is 2.33. The van der Waals surface area contributed by atoms with Crippen molar-refractivity contribution in [3.8, 4) is 22.9 Å². The first-order chi connectivity index (χ1) is 20.6. The average molecular weight is 598 g/mol. The number of nitrogens with zero attached hydrogens (tertiary/aromatic N) is 6. The Hall–Kier alpha value is -4.10. The van der Waals surface area contributed by atoms with E-state index < -0.39 is 17.4 Å². The molecule has 232 valence electrons. The van der Waals surface area contributed by atoms with Gasteiger partial charge in [0, 0.05) is 37.3 Å². The molecule has 4 rings (SSSR count). The van der Waals surface area contributed by atoms with Gasteiger partial charge < -0.3 is 24.4 Å². The van der Waals surface area contributed by atoms with Crippen LogP contribution in [0, 0.1) is 5.82 Å². The van der Waals surface area contributed by atoms with Crippen LogP contribution in [-0.2, 0) is 20.9 Å². The summed E-state index contributed by atoms with van der Waals surface area (Å²) in [5.74, 6) is 0.187. The zero-order valence-electron chi connectivity index (χ0n) is 25.4. The van der Waals surface area contributed by atoms with Gasteiger partial charge in [-0.05, 0) is 68.3 Å². The highest BCUT2D eigenvalue weighted by molar-refractivity contribution is 5.89. The molecule has 1 unspecified atom stereocenters. The van der Waals surface area contributed by atoms with Gasteiger partial charge in [-0.15, -0.1) is 10.2 Å². The number of morpholine rings is 1. The summed E-state index contributed by atoms with van der Waals surface area (Å²) in [7, 11) is 3.08. The van der Waals surface area contributed by atoms with Crippen LogP contribution < -0.4 is 14.8 Å². The molecule has 1 aliphatic rings. The van der Waals surface area contributed by atoms with Crippen molar-refractivity contribution in [1.29, 1.82) is 0 Å². The summed E-state index contributed by atoms with van der Waals surface area (Å²) in [4.78, 5) is 32.7. The van der Waals surface area contributed by atoms with Crippen molar-refractivity contribution in [2.24, 2.45) is 0 Å². The van der Waals surface area contributed by atoms with Gasteiger partial charge in [-0.2, -0.15) is 4.80 Å². The summed E-state index contributed by atoms with van der Waals surface area (Å²) < 4.78 is 30.0. The Morgan fingerprint density at radius 1 is 1.07 bits per heavy atom. The standard InChI is InChI=1S/C30H40FN7O5/c1-30(2,3)32-29(40)27(21-7-10-23(31)11-8-21)37(14-6-13-36-15-17-43-18-16-36)26(39)20-38-34-28(33-35-38)22-9-12-24(41-4)25(19-22)42-5/h7-12,19,27H,6,13-18,20H2,1-5H3,(H,32,40). The van der Waals surface area contributed by atoms with E-state index in [-0.39, 0.29) is 24.9 Å². The third kappa shape index (κ3) is 8.71. The Balaban J connectivity index is 1.60. The lowest BCUT2D eigenvalue weighted by Crippen LogP contribution is -2.50. The second-order valence-corrected chi connectivity index (χ2v) is 11.3. The molecule has 12 nitrogen and oxygen atoms in total. The second-order valence-electron chi connectivity index (χ2n) is 11.3. The van der Waals surface area contributed by atoms with Crippen molar-refractivity contribution in [2.45, 2.75) is 45.3 Å². The number of aromatic nitrogens is 4. The lowest BCUT2D eigenvalue weighted by atomic mass is 10.0. The van der Waals surface area contributed by atoms with Crippen LogP contribution in [0.5, 0.6) is 11.5 Å². The van der Waals surface area contributed by atoms with Gasteiger partial charge in [-0.25, -0.2) is 4.39 Å². The fraction of sp³-hybridized carbons (Fsp3) is 0.500. The molecular formula is C30H40FN7O5. The molecule has 0 bridgehead atoms. The normalized spacial score (nSPS) is 14.7. The first-order valence-electron chi connectivity index (χ1n) is 14.2. The molecule has 1 aromatic heterocycles. The zero-order valence-corrected chi connectivity index (χ0v) is 25.4. The maximum Gasteiger partial charge on any atom is 0.247 e. The Labute approximate surface area is 251 Å². The summed E-state index contributed by atoms with van der Waals surface area (Å²) in [6.07, 6.45) is 0.619. The smallest absolute Gasteiger partial charge is 0.247 e. The third-order valence-electron chi connectivity index (χ3n) is 6.91. The van der Waals surface area contributed by atoms with Crippen LogP contribution in [0.25, 0.3) is 11.4 Å². The lowest BCUT2D eigenvalue weighted by Gasteiger charge is -2.34. The van der Waals surface area contributed by atoms with Gasteiger partial charge in [-0.1, -0.05) is 12.1 Å². The van der Waals surface area contributed by atoms with Crippen molar-refractivity contribution in [3.63, 3.8) is 0 Å². The van der Waals surface area contributed by atoms with E-state index in [1.54, 1.807) is 25.3 Å². The molecule has 1 fully saturated rings. The molecule has 0 radical (unpaired) electrons. The highest BCUT2D eigenvalue weighted by atomic mass is 19.1. The van der Waals surface area contributed by atoms with Crippen LogP contribution in [0.4, 0.5) is 4.39 Å². The van der Waals surface area contributed by atoms with E-state index in [2.05, 4.69) is 25.6 Å². The summed E-state index contributed by atoms with van der Waals surface area (Å²) in [6, 6.07) is 9.88. The molecule has 2 amide bonds. The molecule has 2 heterocycles. The van der Waals surface area contributed by atoms with E-state index in [0.29, 0.717) is 48.1 Å². The molecule has 1 atom stereocenters. The molecule has 2 aromatic carbocycles. The molecule has 0 spiro atoms. The number of hydrogen-bond donors (Lipinski definition) is 1. The van der Waals surface area contributed by atoms with Gasteiger partial charge in [-0.3, -0.25) is 14.5 Å². The van der Waals surface area contributed by atoms with Crippen LogP contribution in [0.2, 0.25) is 0 Å². The number of carbonyl (C=O) groups is 2. The topological polar surface area (TPSA) is 124 Å². The fourth-order valence-electron chi connectivity index (χ4n) is 4.86. The van der Waals surface area contributed by atoms with Gasteiger partial charge in [0.05, 0.1) is 27.4 Å². The predicted octanol–water partition coefficient (Wildman–Crippen LogP) is 2.70. The van der Waals surface area contributed by atoms with Gasteiger partial charge >= 0.3 is 0 Å². The fourth-order valence-corrected chi connectivity index (χ4v) is 4.86.